The molecule has 2 rings (SSSR count). The number of rotatable bonds is 4. The van der Waals surface area contributed by atoms with Crippen molar-refractivity contribution >= 4 is 5.82 Å². The number of anilines is 1. The van der Waals surface area contributed by atoms with Gasteiger partial charge in [0.1, 0.15) is 5.75 Å². The highest BCUT2D eigenvalue weighted by atomic mass is 19.1. The summed E-state index contributed by atoms with van der Waals surface area (Å²) in [5, 5.41) is 2.94. The second-order valence-corrected chi connectivity index (χ2v) is 3.50. The maximum atomic E-state index is 13.3. The first-order valence-corrected chi connectivity index (χ1v) is 5.27. The highest BCUT2D eigenvalue weighted by molar-refractivity contribution is 5.40. The van der Waals surface area contributed by atoms with Crippen molar-refractivity contribution in [1.29, 1.82) is 0 Å². The Labute approximate surface area is 99.3 Å². The molecule has 1 heterocycles. The van der Waals surface area contributed by atoms with Gasteiger partial charge in [-0.25, -0.2) is 9.37 Å². The van der Waals surface area contributed by atoms with E-state index in [9.17, 15) is 4.39 Å². The van der Waals surface area contributed by atoms with Gasteiger partial charge in [0.05, 0.1) is 7.11 Å². The Balaban J connectivity index is 2.10. The minimum absolute atomic E-state index is 0.249. The average Bonchev–Trinajstić information content (AvgIpc) is 2.38. The minimum Gasteiger partial charge on any atom is -0.496 e. The molecule has 0 aliphatic rings. The van der Waals surface area contributed by atoms with E-state index >= 15 is 0 Å². The van der Waals surface area contributed by atoms with Crippen molar-refractivity contribution in [3.63, 3.8) is 0 Å². The Morgan fingerprint density at radius 3 is 2.82 bits per heavy atom. The number of methoxy groups -OCH3 is 1. The molecule has 0 saturated heterocycles. The molecule has 0 amide bonds. The lowest BCUT2D eigenvalue weighted by Gasteiger charge is -2.10. The van der Waals surface area contributed by atoms with Gasteiger partial charge in [0.25, 0.3) is 0 Å². The molecule has 0 fully saturated rings. The van der Waals surface area contributed by atoms with Crippen LogP contribution in [-0.2, 0) is 6.54 Å². The number of hydrogen-bond acceptors (Lipinski definition) is 3. The molecule has 88 valence electrons. The SMILES string of the molecule is COc1ccccc1CNc1ncccc1F. The van der Waals surface area contributed by atoms with Crippen LogP contribution in [0, 0.1) is 5.82 Å². The molecular formula is C13H13FN2O. The van der Waals surface area contributed by atoms with E-state index in [1.54, 1.807) is 19.4 Å². The van der Waals surface area contributed by atoms with Gasteiger partial charge in [0.15, 0.2) is 11.6 Å². The van der Waals surface area contributed by atoms with Gasteiger partial charge >= 0.3 is 0 Å². The average molecular weight is 232 g/mol. The molecule has 0 radical (unpaired) electrons. The van der Waals surface area contributed by atoms with Crippen LogP contribution in [0.3, 0.4) is 0 Å². The molecule has 0 atom stereocenters. The van der Waals surface area contributed by atoms with Crippen LogP contribution in [0.1, 0.15) is 5.56 Å². The normalized spacial score (nSPS) is 10.0. The zero-order chi connectivity index (χ0) is 12.1. The summed E-state index contributed by atoms with van der Waals surface area (Å²) in [5.74, 6) is 0.664. The third-order valence-electron chi connectivity index (χ3n) is 2.40. The van der Waals surface area contributed by atoms with Gasteiger partial charge in [-0.2, -0.15) is 0 Å². The number of hydrogen-bond donors (Lipinski definition) is 1. The molecule has 4 heteroatoms. The topological polar surface area (TPSA) is 34.1 Å². The van der Waals surface area contributed by atoms with Gasteiger partial charge in [-0.05, 0) is 18.2 Å². The summed E-state index contributed by atoms with van der Waals surface area (Å²) >= 11 is 0. The molecular weight excluding hydrogens is 219 g/mol. The highest BCUT2D eigenvalue weighted by Crippen LogP contribution is 2.19. The standard InChI is InChI=1S/C13H13FN2O/c1-17-12-7-3-2-5-10(12)9-16-13-11(14)6-4-8-15-13/h2-8H,9H2,1H3,(H,15,16). The van der Waals surface area contributed by atoms with Crippen molar-refractivity contribution in [2.45, 2.75) is 6.54 Å². The van der Waals surface area contributed by atoms with Crippen LogP contribution in [0.25, 0.3) is 0 Å². The molecule has 1 aromatic carbocycles. The molecule has 0 unspecified atom stereocenters. The number of benzene rings is 1. The van der Waals surface area contributed by atoms with Crippen molar-refractivity contribution in [3.05, 3.63) is 54.0 Å². The summed E-state index contributed by atoms with van der Waals surface area (Å²) < 4.78 is 18.5. The van der Waals surface area contributed by atoms with E-state index in [4.69, 9.17) is 4.74 Å². The van der Waals surface area contributed by atoms with Crippen LogP contribution in [0.4, 0.5) is 10.2 Å². The van der Waals surface area contributed by atoms with E-state index in [0.29, 0.717) is 6.54 Å². The molecule has 3 nitrogen and oxygen atoms in total. The van der Waals surface area contributed by atoms with Crippen LogP contribution in [0.5, 0.6) is 5.75 Å². The van der Waals surface area contributed by atoms with E-state index in [2.05, 4.69) is 10.3 Å². The number of para-hydroxylation sites is 1. The van der Waals surface area contributed by atoms with Gasteiger partial charge < -0.3 is 10.1 Å². The summed E-state index contributed by atoms with van der Waals surface area (Å²) in [5.41, 5.74) is 0.958. The Morgan fingerprint density at radius 1 is 1.24 bits per heavy atom. The number of nitrogens with zero attached hydrogens (tertiary/aromatic N) is 1. The quantitative estimate of drug-likeness (QED) is 0.880. The van der Waals surface area contributed by atoms with Crippen molar-refractivity contribution in [3.8, 4) is 5.75 Å². The van der Waals surface area contributed by atoms with E-state index in [1.807, 2.05) is 24.3 Å². The van der Waals surface area contributed by atoms with E-state index in [1.165, 1.54) is 6.07 Å². The maximum absolute atomic E-state index is 13.3. The van der Waals surface area contributed by atoms with Crippen LogP contribution < -0.4 is 10.1 Å². The van der Waals surface area contributed by atoms with Crippen LogP contribution >= 0.6 is 0 Å². The Hall–Kier alpha value is -2.10. The maximum Gasteiger partial charge on any atom is 0.165 e. The first kappa shape index (κ1) is 11.4. The third-order valence-corrected chi connectivity index (χ3v) is 2.40. The highest BCUT2D eigenvalue weighted by Gasteiger charge is 2.04. The van der Waals surface area contributed by atoms with Gasteiger partial charge in [0, 0.05) is 18.3 Å². The zero-order valence-corrected chi connectivity index (χ0v) is 9.48. The molecule has 0 bridgehead atoms. The van der Waals surface area contributed by atoms with Crippen LogP contribution in [-0.4, -0.2) is 12.1 Å². The monoisotopic (exact) mass is 232 g/mol. The summed E-state index contributed by atoms with van der Waals surface area (Å²) in [7, 11) is 1.61. The fourth-order valence-corrected chi connectivity index (χ4v) is 1.54. The number of nitrogens with one attached hydrogen (secondary N) is 1. The predicted molar refractivity (Wildman–Crippen MR) is 64.5 cm³/mol. The summed E-state index contributed by atoms with van der Waals surface area (Å²) in [6, 6.07) is 10.5. The minimum atomic E-state index is -0.359. The summed E-state index contributed by atoms with van der Waals surface area (Å²) in [6.07, 6.45) is 1.55. The lowest BCUT2D eigenvalue weighted by Crippen LogP contribution is -2.04. The van der Waals surface area contributed by atoms with E-state index in [-0.39, 0.29) is 11.6 Å². The molecule has 0 spiro atoms. The number of aromatic nitrogens is 1. The van der Waals surface area contributed by atoms with Crippen molar-refractivity contribution in [2.24, 2.45) is 0 Å². The second-order valence-electron chi connectivity index (χ2n) is 3.50. The Kier molecular flexibility index (Phi) is 3.55. The van der Waals surface area contributed by atoms with Crippen molar-refractivity contribution in [1.82, 2.24) is 4.98 Å². The second kappa shape index (κ2) is 5.30. The smallest absolute Gasteiger partial charge is 0.165 e. The predicted octanol–water partition coefficient (Wildman–Crippen LogP) is 2.84. The number of ether oxygens (including phenoxy) is 1. The zero-order valence-electron chi connectivity index (χ0n) is 9.48. The third kappa shape index (κ3) is 2.72. The van der Waals surface area contributed by atoms with Crippen molar-refractivity contribution in [2.75, 3.05) is 12.4 Å². The van der Waals surface area contributed by atoms with E-state index in [0.717, 1.165) is 11.3 Å². The molecule has 2 aromatic rings. The number of pyridine rings is 1. The first-order valence-electron chi connectivity index (χ1n) is 5.27. The molecule has 0 aliphatic carbocycles. The number of halogens is 1. The van der Waals surface area contributed by atoms with Crippen molar-refractivity contribution < 1.29 is 9.13 Å². The molecule has 1 N–H and O–H groups in total. The fraction of sp³-hybridized carbons (Fsp3) is 0.154. The lowest BCUT2D eigenvalue weighted by atomic mass is 10.2. The fourth-order valence-electron chi connectivity index (χ4n) is 1.54. The van der Waals surface area contributed by atoms with Gasteiger partial charge in [-0.15, -0.1) is 0 Å². The van der Waals surface area contributed by atoms with Crippen LogP contribution in [0.2, 0.25) is 0 Å². The van der Waals surface area contributed by atoms with Crippen LogP contribution in [0.15, 0.2) is 42.6 Å². The van der Waals surface area contributed by atoms with Gasteiger partial charge in [-0.3, -0.25) is 0 Å². The van der Waals surface area contributed by atoms with Gasteiger partial charge in [0.2, 0.25) is 0 Å². The first-order chi connectivity index (χ1) is 8.31. The lowest BCUT2D eigenvalue weighted by molar-refractivity contribution is 0.410. The summed E-state index contributed by atoms with van der Waals surface area (Å²) in [6.45, 7) is 0.470. The van der Waals surface area contributed by atoms with Gasteiger partial charge in [-0.1, -0.05) is 18.2 Å². The molecule has 17 heavy (non-hydrogen) atoms. The Morgan fingerprint density at radius 2 is 2.06 bits per heavy atom. The molecule has 0 saturated carbocycles. The van der Waals surface area contributed by atoms with E-state index < -0.39 is 0 Å². The summed E-state index contributed by atoms with van der Waals surface area (Å²) in [4.78, 5) is 3.92. The molecule has 0 aliphatic heterocycles. The molecule has 1 aromatic heterocycles. The largest absolute Gasteiger partial charge is 0.496 e. The Bertz CT molecular complexity index is 502.